The Morgan fingerprint density at radius 3 is 2.19 bits per heavy atom. The van der Waals surface area contributed by atoms with Crippen LogP contribution in [0.3, 0.4) is 0 Å². The number of hydrogen-bond donors (Lipinski definition) is 2. The molecule has 0 saturated heterocycles. The monoisotopic (exact) mass is 305 g/mol. The molecule has 4 nitrogen and oxygen atoms in total. The molecule has 0 aliphatic carbocycles. The molecular weight excluding hydrogens is 282 g/mol. The maximum Gasteiger partial charge on any atom is 0.326 e. The number of nitrogens with one attached hydrogen (secondary N) is 1. The van der Waals surface area contributed by atoms with Gasteiger partial charge in [-0.3, -0.25) is 4.79 Å². The van der Waals surface area contributed by atoms with E-state index in [9.17, 15) is 14.7 Å². The van der Waals surface area contributed by atoms with Gasteiger partial charge in [0.2, 0.25) is 0 Å². The van der Waals surface area contributed by atoms with Gasteiger partial charge in [0, 0.05) is 11.1 Å². The van der Waals surface area contributed by atoms with Crippen molar-refractivity contribution < 1.29 is 14.7 Å². The molecule has 1 amide bonds. The first-order valence-corrected chi connectivity index (χ1v) is 10.6. The molecule has 2 atom stereocenters. The van der Waals surface area contributed by atoms with Crippen LogP contribution in [0.1, 0.15) is 17.3 Å². The van der Waals surface area contributed by atoms with Crippen LogP contribution in [-0.2, 0) is 4.79 Å². The Balaban J connectivity index is 3.02. The number of benzene rings is 1. The second-order valence-corrected chi connectivity index (χ2v) is 11.5. The summed E-state index contributed by atoms with van der Waals surface area (Å²) in [5.41, 5.74) is 0.311. The molecule has 1 aromatic carbocycles. The normalized spacial score (nSPS) is 14.7. The molecule has 0 bridgehead atoms. The minimum Gasteiger partial charge on any atom is -0.480 e. The third kappa shape index (κ3) is 4.86. The number of carbonyl (C=O) groups is 2. The van der Waals surface area contributed by atoms with Crippen LogP contribution in [0.5, 0.6) is 0 Å². The maximum atomic E-state index is 12.2. The van der Waals surface area contributed by atoms with Gasteiger partial charge >= 0.3 is 5.97 Å². The van der Waals surface area contributed by atoms with Crippen LogP contribution in [0.25, 0.3) is 0 Å². The van der Waals surface area contributed by atoms with Gasteiger partial charge in [0.1, 0.15) is 6.04 Å². The average Bonchev–Trinajstić information content (AvgIpc) is 2.42. The highest BCUT2D eigenvalue weighted by molar-refractivity contribution is 6.78. The summed E-state index contributed by atoms with van der Waals surface area (Å²) in [6.45, 7) is 8.16. The van der Waals surface area contributed by atoms with Crippen LogP contribution in [0.2, 0.25) is 25.2 Å². The highest BCUT2D eigenvalue weighted by Crippen LogP contribution is 2.27. The van der Waals surface area contributed by atoms with Gasteiger partial charge in [-0.25, -0.2) is 4.79 Å². The Labute approximate surface area is 126 Å². The van der Waals surface area contributed by atoms with Crippen molar-refractivity contribution in [3.63, 3.8) is 0 Å². The van der Waals surface area contributed by atoms with Crippen molar-refractivity contribution in [2.75, 3.05) is 0 Å². The number of aliphatic carboxylic acids is 1. The van der Waals surface area contributed by atoms with E-state index in [2.05, 4.69) is 25.0 Å². The van der Waals surface area contributed by atoms with Crippen molar-refractivity contribution in [1.82, 2.24) is 5.32 Å². The van der Waals surface area contributed by atoms with E-state index >= 15 is 0 Å². The van der Waals surface area contributed by atoms with E-state index in [1.165, 1.54) is 0 Å². The summed E-state index contributed by atoms with van der Waals surface area (Å²) >= 11 is 0. The van der Waals surface area contributed by atoms with Crippen molar-refractivity contribution >= 4 is 20.0 Å². The number of rotatable bonds is 6. The molecule has 0 saturated carbocycles. The summed E-state index contributed by atoms with van der Waals surface area (Å²) in [7, 11) is -1.78. The summed E-state index contributed by atoms with van der Waals surface area (Å²) in [4.78, 5) is 23.8. The van der Waals surface area contributed by atoms with Gasteiger partial charge in [0.25, 0.3) is 5.91 Å². The molecule has 0 unspecified atom stereocenters. The Morgan fingerprint density at radius 2 is 1.76 bits per heavy atom. The van der Waals surface area contributed by atoms with Crippen molar-refractivity contribution in [3.05, 3.63) is 48.0 Å². The molecule has 0 aliphatic rings. The molecule has 2 N–H and O–H groups in total. The molecule has 21 heavy (non-hydrogen) atoms. The summed E-state index contributed by atoms with van der Waals surface area (Å²) in [5.74, 6) is -1.35. The second kappa shape index (κ2) is 7.22. The van der Waals surface area contributed by atoms with E-state index < -0.39 is 20.1 Å². The summed E-state index contributed by atoms with van der Waals surface area (Å²) in [6, 6.07) is 7.77. The molecule has 0 spiro atoms. The van der Waals surface area contributed by atoms with Crippen molar-refractivity contribution in [1.29, 1.82) is 0 Å². The molecule has 1 rings (SSSR count). The minimum atomic E-state index is -1.78. The fourth-order valence-corrected chi connectivity index (χ4v) is 4.22. The number of carbonyl (C=O) groups excluding carboxylic acids is 1. The molecule has 5 heteroatoms. The van der Waals surface area contributed by atoms with Gasteiger partial charge in [0.05, 0.1) is 8.07 Å². The van der Waals surface area contributed by atoms with E-state index in [1.807, 2.05) is 25.1 Å². The first-order chi connectivity index (χ1) is 9.77. The predicted molar refractivity (Wildman–Crippen MR) is 87.2 cm³/mol. The number of amides is 1. The van der Waals surface area contributed by atoms with Gasteiger partial charge in [0.15, 0.2) is 0 Å². The lowest BCUT2D eigenvalue weighted by molar-refractivity contribution is -0.139. The summed E-state index contributed by atoms with van der Waals surface area (Å²) in [6.07, 6.45) is 3.75. The van der Waals surface area contributed by atoms with Gasteiger partial charge in [-0.1, -0.05) is 50.0 Å². The lowest BCUT2D eigenvalue weighted by atomic mass is 10.1. The van der Waals surface area contributed by atoms with Crippen LogP contribution in [0, 0.1) is 0 Å². The molecule has 0 heterocycles. The van der Waals surface area contributed by atoms with Gasteiger partial charge in [-0.15, -0.1) is 0 Å². The Kier molecular flexibility index (Phi) is 5.90. The quantitative estimate of drug-likeness (QED) is 0.626. The van der Waals surface area contributed by atoms with Crippen LogP contribution < -0.4 is 5.32 Å². The smallest absolute Gasteiger partial charge is 0.326 e. The highest BCUT2D eigenvalue weighted by Gasteiger charge is 2.37. The lowest BCUT2D eigenvalue weighted by Crippen LogP contribution is -2.49. The third-order valence-corrected chi connectivity index (χ3v) is 5.87. The first-order valence-electron chi connectivity index (χ1n) is 6.99. The van der Waals surface area contributed by atoms with Gasteiger partial charge < -0.3 is 10.4 Å². The minimum absolute atomic E-state index is 0.160. The first kappa shape index (κ1) is 17.2. The molecule has 114 valence electrons. The zero-order chi connectivity index (χ0) is 16.0. The Hall–Kier alpha value is -1.88. The standard InChI is InChI=1S/C16H23NO3Si/c1-5-9-13(21(2,3)4)14(16(19)20)17-15(18)12-10-7-6-8-11-12/h5-11,13-14H,1-4H3,(H,17,18)(H,19,20)/b9-5+/t13-,14+/m1/s1. The fraction of sp³-hybridized carbons (Fsp3) is 0.375. The largest absolute Gasteiger partial charge is 0.480 e. The zero-order valence-electron chi connectivity index (χ0n) is 13.0. The van der Waals surface area contributed by atoms with Crippen molar-refractivity contribution in [2.45, 2.75) is 38.1 Å². The maximum absolute atomic E-state index is 12.2. The topological polar surface area (TPSA) is 66.4 Å². The predicted octanol–water partition coefficient (Wildman–Crippen LogP) is 3.15. The molecule has 0 aliphatic heterocycles. The van der Waals surface area contributed by atoms with Gasteiger partial charge in [-0.2, -0.15) is 0 Å². The molecule has 0 aromatic heterocycles. The molecular formula is C16H23NO3Si. The number of carboxylic acid groups (broad SMARTS) is 1. The molecule has 1 aromatic rings. The van der Waals surface area contributed by atoms with E-state index in [-0.39, 0.29) is 11.4 Å². The van der Waals surface area contributed by atoms with Crippen molar-refractivity contribution in [2.24, 2.45) is 0 Å². The summed E-state index contributed by atoms with van der Waals surface area (Å²) in [5, 5.41) is 12.2. The lowest BCUT2D eigenvalue weighted by Gasteiger charge is -2.31. The number of allylic oxidation sites excluding steroid dienone is 1. The third-order valence-electron chi connectivity index (χ3n) is 3.35. The molecule has 0 fully saturated rings. The SMILES string of the molecule is C/C=C/[C@H]([C@H](NC(=O)c1ccccc1)C(=O)O)[Si](C)(C)C. The molecule has 0 radical (unpaired) electrons. The fourth-order valence-electron chi connectivity index (χ4n) is 2.23. The zero-order valence-corrected chi connectivity index (χ0v) is 14.0. The van der Waals surface area contributed by atoms with Gasteiger partial charge in [-0.05, 0) is 19.1 Å². The summed E-state index contributed by atoms with van der Waals surface area (Å²) < 4.78 is 0. The number of carboxylic acids is 1. The van der Waals surface area contributed by atoms with E-state index in [0.29, 0.717) is 5.56 Å². The highest BCUT2D eigenvalue weighted by atomic mass is 28.3. The average molecular weight is 305 g/mol. The van der Waals surface area contributed by atoms with E-state index in [4.69, 9.17) is 0 Å². The van der Waals surface area contributed by atoms with E-state index in [1.54, 1.807) is 24.3 Å². The Bertz CT molecular complexity index is 520. The van der Waals surface area contributed by atoms with E-state index in [0.717, 1.165) is 0 Å². The van der Waals surface area contributed by atoms with Crippen LogP contribution in [-0.4, -0.2) is 31.1 Å². The Morgan fingerprint density at radius 1 is 1.19 bits per heavy atom. The second-order valence-electron chi connectivity index (χ2n) is 6.07. The van der Waals surface area contributed by atoms with Crippen LogP contribution in [0.4, 0.5) is 0 Å². The van der Waals surface area contributed by atoms with Crippen LogP contribution in [0.15, 0.2) is 42.5 Å². The number of hydrogen-bond acceptors (Lipinski definition) is 2. The van der Waals surface area contributed by atoms with Crippen LogP contribution >= 0.6 is 0 Å². The van der Waals surface area contributed by atoms with Crippen molar-refractivity contribution in [3.8, 4) is 0 Å².